The number of benzene rings is 7. The molecule has 9 rings (SSSR count). The molecular formula is C47H32N4. The lowest BCUT2D eigenvalue weighted by atomic mass is 9.72. The highest BCUT2D eigenvalue weighted by Crippen LogP contribution is 2.52. The smallest absolute Gasteiger partial charge is 0.0998 e. The summed E-state index contributed by atoms with van der Waals surface area (Å²) in [6.45, 7) is 4.56. The molecule has 51 heavy (non-hydrogen) atoms. The van der Waals surface area contributed by atoms with Gasteiger partial charge in [0.15, 0.2) is 0 Å². The molecule has 0 saturated heterocycles. The van der Waals surface area contributed by atoms with Gasteiger partial charge in [-0.25, -0.2) is 0 Å². The van der Waals surface area contributed by atoms with Crippen LogP contribution in [0.15, 0.2) is 158 Å². The molecule has 0 atom stereocenters. The molecule has 0 amide bonds. The molecule has 0 bridgehead atoms. The number of nitriles is 2. The van der Waals surface area contributed by atoms with Crippen molar-refractivity contribution in [2.24, 2.45) is 0 Å². The van der Waals surface area contributed by atoms with E-state index in [0.717, 1.165) is 50.3 Å². The van der Waals surface area contributed by atoms with Gasteiger partial charge in [-0.1, -0.05) is 105 Å². The summed E-state index contributed by atoms with van der Waals surface area (Å²) in [5.74, 6) is 0. The summed E-state index contributed by atoms with van der Waals surface area (Å²) in [6, 6.07) is 59.3. The van der Waals surface area contributed by atoms with Crippen molar-refractivity contribution in [2.75, 3.05) is 4.90 Å². The second-order valence-corrected chi connectivity index (χ2v) is 13.6. The number of aromatic nitrogens is 1. The highest BCUT2D eigenvalue weighted by Gasteiger charge is 2.37. The van der Waals surface area contributed by atoms with Crippen LogP contribution >= 0.6 is 0 Å². The fraction of sp³-hybridized carbons (Fsp3) is 0.0638. The Morgan fingerprint density at radius 3 is 1.82 bits per heavy atom. The van der Waals surface area contributed by atoms with Gasteiger partial charge in [0.1, 0.15) is 0 Å². The van der Waals surface area contributed by atoms with Gasteiger partial charge in [0.2, 0.25) is 0 Å². The van der Waals surface area contributed by atoms with Crippen LogP contribution in [0.25, 0.3) is 49.7 Å². The standard InChI is InChI=1S/C47H32N4/c1-47(2)40-16-8-11-19-45(40)50(35-12-4-3-5-13-35)46-25-22-33(28-41(46)47)36-23-21-32(27-34(36)30-49)39-26-31(29-48)20-24-44(39)51-42-17-9-6-14-37(42)38-15-7-10-18-43(38)51/h3-28H,1-2H3. The first-order valence-corrected chi connectivity index (χ1v) is 17.1. The Bertz CT molecular complexity index is 2700. The molecule has 0 radical (unpaired) electrons. The molecular weight excluding hydrogens is 621 g/mol. The van der Waals surface area contributed by atoms with Crippen molar-refractivity contribution in [3.63, 3.8) is 0 Å². The highest BCUT2D eigenvalue weighted by atomic mass is 15.2. The topological polar surface area (TPSA) is 55.8 Å². The largest absolute Gasteiger partial charge is 0.310 e. The summed E-state index contributed by atoms with van der Waals surface area (Å²) in [5, 5.41) is 22.9. The molecule has 4 nitrogen and oxygen atoms in total. The monoisotopic (exact) mass is 652 g/mol. The normalized spacial score (nSPS) is 13.0. The van der Waals surface area contributed by atoms with E-state index in [2.05, 4.69) is 163 Å². The molecule has 1 aliphatic rings. The van der Waals surface area contributed by atoms with Crippen LogP contribution in [0.3, 0.4) is 0 Å². The SMILES string of the molecule is CC1(C)c2ccccc2N(c2ccccc2)c2ccc(-c3ccc(-c4cc(C#N)ccc4-n4c5ccccc5c5ccccc54)cc3C#N)cc21. The van der Waals surface area contributed by atoms with E-state index in [9.17, 15) is 10.5 Å². The van der Waals surface area contributed by atoms with Crippen molar-refractivity contribution in [3.8, 4) is 40.1 Å². The van der Waals surface area contributed by atoms with Crippen molar-refractivity contribution < 1.29 is 0 Å². The van der Waals surface area contributed by atoms with E-state index in [0.29, 0.717) is 11.1 Å². The first-order chi connectivity index (χ1) is 25.0. The van der Waals surface area contributed by atoms with Gasteiger partial charge in [0.25, 0.3) is 0 Å². The second kappa shape index (κ2) is 11.6. The van der Waals surface area contributed by atoms with Crippen molar-refractivity contribution in [2.45, 2.75) is 19.3 Å². The third-order valence-corrected chi connectivity index (χ3v) is 10.5. The fourth-order valence-corrected chi connectivity index (χ4v) is 8.00. The molecule has 8 aromatic rings. The van der Waals surface area contributed by atoms with Crippen molar-refractivity contribution >= 4 is 38.9 Å². The molecule has 240 valence electrons. The number of fused-ring (bicyclic) bond motifs is 5. The molecule has 1 aromatic heterocycles. The quantitative estimate of drug-likeness (QED) is 0.190. The van der Waals surface area contributed by atoms with Crippen LogP contribution in [0.4, 0.5) is 17.1 Å². The van der Waals surface area contributed by atoms with Gasteiger partial charge in [-0.15, -0.1) is 0 Å². The van der Waals surface area contributed by atoms with Gasteiger partial charge in [0.05, 0.1) is 51.4 Å². The van der Waals surface area contributed by atoms with E-state index in [1.807, 2.05) is 30.3 Å². The molecule has 4 heteroatoms. The van der Waals surface area contributed by atoms with Gasteiger partial charge >= 0.3 is 0 Å². The number of hydrogen-bond donors (Lipinski definition) is 0. The third-order valence-electron chi connectivity index (χ3n) is 10.5. The van der Waals surface area contributed by atoms with Crippen LogP contribution in [0.2, 0.25) is 0 Å². The second-order valence-electron chi connectivity index (χ2n) is 13.6. The van der Waals surface area contributed by atoms with E-state index in [1.54, 1.807) is 0 Å². The Morgan fingerprint density at radius 1 is 0.490 bits per heavy atom. The summed E-state index contributed by atoms with van der Waals surface area (Å²) in [5.41, 5.74) is 13.5. The number of nitrogens with zero attached hydrogens (tertiary/aromatic N) is 4. The Labute approximate surface area is 297 Å². The first-order valence-electron chi connectivity index (χ1n) is 17.1. The molecule has 0 saturated carbocycles. The van der Waals surface area contributed by atoms with E-state index >= 15 is 0 Å². The third kappa shape index (κ3) is 4.66. The van der Waals surface area contributed by atoms with Gasteiger partial charge in [0, 0.05) is 27.4 Å². The Hall–Kier alpha value is -6.88. The minimum atomic E-state index is -0.269. The predicted molar refractivity (Wildman–Crippen MR) is 208 cm³/mol. The van der Waals surface area contributed by atoms with Crippen LogP contribution in [-0.4, -0.2) is 4.57 Å². The maximum absolute atomic E-state index is 10.6. The molecule has 0 unspecified atom stereocenters. The summed E-state index contributed by atoms with van der Waals surface area (Å²) < 4.78 is 2.27. The van der Waals surface area contributed by atoms with Crippen LogP contribution < -0.4 is 4.90 Å². The first kappa shape index (κ1) is 30.2. The predicted octanol–water partition coefficient (Wildman–Crippen LogP) is 12.0. The lowest BCUT2D eigenvalue weighted by Crippen LogP contribution is -2.30. The van der Waals surface area contributed by atoms with Gasteiger partial charge in [-0.05, 0) is 94.5 Å². The maximum atomic E-state index is 10.6. The van der Waals surface area contributed by atoms with Crippen LogP contribution in [0, 0.1) is 22.7 Å². The van der Waals surface area contributed by atoms with E-state index in [1.165, 1.54) is 27.6 Å². The van der Waals surface area contributed by atoms with Crippen molar-refractivity contribution in [3.05, 3.63) is 180 Å². The lowest BCUT2D eigenvalue weighted by molar-refractivity contribution is 0.632. The van der Waals surface area contributed by atoms with E-state index in [4.69, 9.17) is 0 Å². The Morgan fingerprint density at radius 2 is 1.10 bits per heavy atom. The molecule has 1 aliphatic heterocycles. The minimum absolute atomic E-state index is 0.269. The molecule has 0 spiro atoms. The molecule has 7 aromatic carbocycles. The van der Waals surface area contributed by atoms with Gasteiger partial charge < -0.3 is 9.47 Å². The summed E-state index contributed by atoms with van der Waals surface area (Å²) in [6.07, 6.45) is 0. The van der Waals surface area contributed by atoms with Gasteiger partial charge in [-0.2, -0.15) is 10.5 Å². The molecule has 2 heterocycles. The zero-order chi connectivity index (χ0) is 34.7. The maximum Gasteiger partial charge on any atom is 0.0998 e. The van der Waals surface area contributed by atoms with E-state index in [-0.39, 0.29) is 5.41 Å². The molecule has 0 aliphatic carbocycles. The van der Waals surface area contributed by atoms with Crippen LogP contribution in [0.1, 0.15) is 36.1 Å². The van der Waals surface area contributed by atoms with Crippen LogP contribution in [-0.2, 0) is 5.41 Å². The number of para-hydroxylation sites is 4. The van der Waals surface area contributed by atoms with Crippen LogP contribution in [0.5, 0.6) is 0 Å². The average Bonchev–Trinajstić information content (AvgIpc) is 3.52. The number of rotatable bonds is 4. The summed E-state index contributed by atoms with van der Waals surface area (Å²) in [7, 11) is 0. The van der Waals surface area contributed by atoms with Gasteiger partial charge in [-0.3, -0.25) is 0 Å². The number of hydrogen-bond acceptors (Lipinski definition) is 3. The highest BCUT2D eigenvalue weighted by molar-refractivity contribution is 6.09. The fourth-order valence-electron chi connectivity index (χ4n) is 8.00. The van der Waals surface area contributed by atoms with E-state index < -0.39 is 0 Å². The Balaban J connectivity index is 1.21. The summed E-state index contributed by atoms with van der Waals surface area (Å²) >= 11 is 0. The zero-order valence-electron chi connectivity index (χ0n) is 28.3. The van der Waals surface area contributed by atoms with Crippen molar-refractivity contribution in [1.29, 1.82) is 10.5 Å². The average molecular weight is 653 g/mol. The summed E-state index contributed by atoms with van der Waals surface area (Å²) in [4.78, 5) is 2.34. The lowest BCUT2D eigenvalue weighted by Gasteiger charge is -2.42. The number of anilines is 3. The molecule has 0 fully saturated rings. The molecule has 0 N–H and O–H groups in total. The minimum Gasteiger partial charge on any atom is -0.310 e. The Kier molecular flexibility index (Phi) is 6.88. The zero-order valence-corrected chi connectivity index (χ0v) is 28.3. The van der Waals surface area contributed by atoms with Crippen molar-refractivity contribution in [1.82, 2.24) is 4.57 Å².